The molecular formula is C13H17N3O. The Labute approximate surface area is 101 Å². The molecule has 4 heteroatoms. The molecule has 0 saturated carbocycles. The quantitative estimate of drug-likeness (QED) is 0.858. The summed E-state index contributed by atoms with van der Waals surface area (Å²) in [6.45, 7) is 2.16. The Kier molecular flexibility index (Phi) is 3.75. The van der Waals surface area contributed by atoms with Crippen LogP contribution in [0.3, 0.4) is 0 Å². The molecule has 0 fully saturated rings. The van der Waals surface area contributed by atoms with Crippen molar-refractivity contribution in [3.63, 3.8) is 0 Å². The van der Waals surface area contributed by atoms with Crippen molar-refractivity contribution in [3.05, 3.63) is 41.2 Å². The normalized spacial score (nSPS) is 10.5. The Bertz CT molecular complexity index is 466. The molecule has 1 aromatic heterocycles. The highest BCUT2D eigenvalue weighted by molar-refractivity contribution is 5.36. The lowest BCUT2D eigenvalue weighted by molar-refractivity contribution is 0.414. The molecule has 0 amide bonds. The molecule has 0 aliphatic rings. The number of aryl methyl sites for hydroxylation is 3. The maximum Gasteiger partial charge on any atom is 0.119 e. The van der Waals surface area contributed by atoms with Gasteiger partial charge in [0.15, 0.2) is 0 Å². The summed E-state index contributed by atoms with van der Waals surface area (Å²) in [5.41, 5.74) is 3.70. The SMILES string of the molecule is CCc1cc(OC)ccc1CCc1cn[nH]n1. The molecule has 1 N–H and O–H groups in total. The van der Waals surface area contributed by atoms with Gasteiger partial charge in [0.1, 0.15) is 5.75 Å². The van der Waals surface area contributed by atoms with Crippen LogP contribution in [-0.2, 0) is 19.3 Å². The molecule has 0 saturated heterocycles. The molecule has 0 aliphatic carbocycles. The van der Waals surface area contributed by atoms with Crippen molar-refractivity contribution in [1.29, 1.82) is 0 Å². The summed E-state index contributed by atoms with van der Waals surface area (Å²) >= 11 is 0. The molecule has 90 valence electrons. The second-order valence-corrected chi connectivity index (χ2v) is 3.95. The highest BCUT2D eigenvalue weighted by Crippen LogP contribution is 2.19. The molecule has 2 rings (SSSR count). The van der Waals surface area contributed by atoms with E-state index < -0.39 is 0 Å². The van der Waals surface area contributed by atoms with Crippen molar-refractivity contribution < 1.29 is 4.74 Å². The number of nitrogens with zero attached hydrogens (tertiary/aromatic N) is 2. The fraction of sp³-hybridized carbons (Fsp3) is 0.385. The van der Waals surface area contributed by atoms with Crippen LogP contribution < -0.4 is 4.74 Å². The predicted octanol–water partition coefficient (Wildman–Crippen LogP) is 2.16. The van der Waals surface area contributed by atoms with Crippen molar-refractivity contribution in [2.75, 3.05) is 7.11 Å². The lowest BCUT2D eigenvalue weighted by atomic mass is 10.00. The zero-order valence-corrected chi connectivity index (χ0v) is 10.2. The standard InChI is InChI=1S/C13H17N3O/c1-3-10-8-13(17-2)7-5-11(10)4-6-12-9-14-16-15-12/h5,7-9H,3-4,6H2,1-2H3,(H,14,15,16). The number of hydrogen-bond donors (Lipinski definition) is 1. The van der Waals surface area contributed by atoms with E-state index >= 15 is 0 Å². The second-order valence-electron chi connectivity index (χ2n) is 3.95. The third kappa shape index (κ3) is 2.84. The lowest BCUT2D eigenvalue weighted by Gasteiger charge is -2.09. The predicted molar refractivity (Wildman–Crippen MR) is 66.2 cm³/mol. The first-order chi connectivity index (χ1) is 8.33. The maximum atomic E-state index is 5.23. The van der Waals surface area contributed by atoms with Gasteiger partial charge in [0.2, 0.25) is 0 Å². The Morgan fingerprint density at radius 1 is 1.24 bits per heavy atom. The van der Waals surface area contributed by atoms with Gasteiger partial charge in [0, 0.05) is 0 Å². The van der Waals surface area contributed by atoms with Gasteiger partial charge in [-0.2, -0.15) is 15.4 Å². The number of ether oxygens (including phenoxy) is 1. The van der Waals surface area contributed by atoms with E-state index in [2.05, 4.69) is 34.5 Å². The molecule has 2 aromatic rings. The van der Waals surface area contributed by atoms with Crippen molar-refractivity contribution in [2.45, 2.75) is 26.2 Å². The third-order valence-electron chi connectivity index (χ3n) is 2.91. The van der Waals surface area contributed by atoms with Gasteiger partial charge in [-0.1, -0.05) is 13.0 Å². The highest BCUT2D eigenvalue weighted by atomic mass is 16.5. The minimum absolute atomic E-state index is 0.913. The molecular weight excluding hydrogens is 214 g/mol. The van der Waals surface area contributed by atoms with E-state index in [0.717, 1.165) is 30.7 Å². The Hall–Kier alpha value is -1.84. The number of benzene rings is 1. The van der Waals surface area contributed by atoms with Crippen molar-refractivity contribution >= 4 is 0 Å². The Morgan fingerprint density at radius 2 is 2.12 bits per heavy atom. The molecule has 0 radical (unpaired) electrons. The lowest BCUT2D eigenvalue weighted by Crippen LogP contribution is -1.97. The summed E-state index contributed by atoms with van der Waals surface area (Å²) in [5.74, 6) is 0.923. The van der Waals surface area contributed by atoms with Crippen LogP contribution >= 0.6 is 0 Å². The first kappa shape index (κ1) is 11.6. The van der Waals surface area contributed by atoms with E-state index in [1.165, 1.54) is 11.1 Å². The van der Waals surface area contributed by atoms with Gasteiger partial charge in [0.25, 0.3) is 0 Å². The highest BCUT2D eigenvalue weighted by Gasteiger charge is 2.04. The largest absolute Gasteiger partial charge is 0.497 e. The van der Waals surface area contributed by atoms with Gasteiger partial charge >= 0.3 is 0 Å². The van der Waals surface area contributed by atoms with Gasteiger partial charge in [-0.15, -0.1) is 0 Å². The first-order valence-electron chi connectivity index (χ1n) is 5.84. The number of rotatable bonds is 5. The number of hydrogen-bond acceptors (Lipinski definition) is 3. The van der Waals surface area contributed by atoms with Crippen LogP contribution in [0.25, 0.3) is 0 Å². The van der Waals surface area contributed by atoms with E-state index in [-0.39, 0.29) is 0 Å². The number of aromatic amines is 1. The van der Waals surface area contributed by atoms with Gasteiger partial charge < -0.3 is 4.74 Å². The van der Waals surface area contributed by atoms with Crippen molar-refractivity contribution in [1.82, 2.24) is 15.4 Å². The molecule has 1 aromatic carbocycles. The van der Waals surface area contributed by atoms with E-state index in [1.807, 2.05) is 6.07 Å². The Morgan fingerprint density at radius 3 is 2.76 bits per heavy atom. The monoisotopic (exact) mass is 231 g/mol. The van der Waals surface area contributed by atoms with Crippen LogP contribution in [0.4, 0.5) is 0 Å². The molecule has 0 atom stereocenters. The molecule has 1 heterocycles. The fourth-order valence-electron chi connectivity index (χ4n) is 1.91. The van der Waals surface area contributed by atoms with Crippen LogP contribution in [0.2, 0.25) is 0 Å². The number of methoxy groups -OCH3 is 1. The molecule has 0 unspecified atom stereocenters. The summed E-state index contributed by atoms with van der Waals surface area (Å²) in [6.07, 6.45) is 4.69. The average Bonchev–Trinajstić information content (AvgIpc) is 2.89. The number of aromatic nitrogens is 3. The summed E-state index contributed by atoms with van der Waals surface area (Å²) in [6, 6.07) is 6.26. The van der Waals surface area contributed by atoms with E-state index in [9.17, 15) is 0 Å². The molecule has 17 heavy (non-hydrogen) atoms. The molecule has 4 nitrogen and oxygen atoms in total. The molecule has 0 spiro atoms. The van der Waals surface area contributed by atoms with Gasteiger partial charge in [0.05, 0.1) is 19.0 Å². The molecule has 0 aliphatic heterocycles. The van der Waals surface area contributed by atoms with E-state index in [0.29, 0.717) is 0 Å². The molecule has 0 bridgehead atoms. The van der Waals surface area contributed by atoms with E-state index in [1.54, 1.807) is 13.3 Å². The second kappa shape index (κ2) is 5.48. The summed E-state index contributed by atoms with van der Waals surface area (Å²) in [7, 11) is 1.70. The maximum absolute atomic E-state index is 5.23. The van der Waals surface area contributed by atoms with Gasteiger partial charge in [-0.3, -0.25) is 0 Å². The summed E-state index contributed by atoms with van der Waals surface area (Å²) in [4.78, 5) is 0. The third-order valence-corrected chi connectivity index (χ3v) is 2.91. The number of H-pyrrole nitrogens is 1. The average molecular weight is 231 g/mol. The topological polar surface area (TPSA) is 50.8 Å². The van der Waals surface area contributed by atoms with Crippen LogP contribution in [0, 0.1) is 0 Å². The Balaban J connectivity index is 2.09. The van der Waals surface area contributed by atoms with Crippen molar-refractivity contribution in [3.8, 4) is 5.75 Å². The number of nitrogens with one attached hydrogen (secondary N) is 1. The first-order valence-corrected chi connectivity index (χ1v) is 5.84. The minimum Gasteiger partial charge on any atom is -0.497 e. The smallest absolute Gasteiger partial charge is 0.119 e. The van der Waals surface area contributed by atoms with Crippen LogP contribution in [-0.4, -0.2) is 22.5 Å². The van der Waals surface area contributed by atoms with Crippen molar-refractivity contribution in [2.24, 2.45) is 0 Å². The van der Waals surface area contributed by atoms with Gasteiger partial charge in [-0.05, 0) is 42.5 Å². The zero-order chi connectivity index (χ0) is 12.1. The summed E-state index contributed by atoms with van der Waals surface area (Å²) in [5, 5.41) is 10.5. The van der Waals surface area contributed by atoms with Crippen LogP contribution in [0.1, 0.15) is 23.7 Å². The van der Waals surface area contributed by atoms with Crippen LogP contribution in [0.15, 0.2) is 24.4 Å². The van der Waals surface area contributed by atoms with E-state index in [4.69, 9.17) is 4.74 Å². The fourth-order valence-corrected chi connectivity index (χ4v) is 1.91. The minimum atomic E-state index is 0.913. The zero-order valence-electron chi connectivity index (χ0n) is 10.2. The summed E-state index contributed by atoms with van der Waals surface area (Å²) < 4.78 is 5.23. The van der Waals surface area contributed by atoms with Crippen LogP contribution in [0.5, 0.6) is 5.75 Å². The van der Waals surface area contributed by atoms with Gasteiger partial charge in [-0.25, -0.2) is 0 Å².